The average Bonchev–Trinajstić information content (AvgIpc) is 3.49. The lowest BCUT2D eigenvalue weighted by molar-refractivity contribution is -0.135. The molecule has 0 aliphatic carbocycles. The summed E-state index contributed by atoms with van der Waals surface area (Å²) in [6.07, 6.45) is 5.04. The van der Waals surface area contributed by atoms with Gasteiger partial charge < -0.3 is 35.0 Å². The first kappa shape index (κ1) is 28.3. The van der Waals surface area contributed by atoms with E-state index in [1.165, 1.54) is 25.7 Å². The molecule has 1 atom stereocenters. The molecule has 196 valence electrons. The Morgan fingerprint density at radius 1 is 1.00 bits per heavy atom. The van der Waals surface area contributed by atoms with Gasteiger partial charge in [0.15, 0.2) is 0 Å². The Bertz CT molecular complexity index is 625. The Kier molecular flexibility index (Phi) is 13.2. The Labute approximate surface area is 205 Å². The molecule has 34 heavy (non-hydrogen) atoms. The van der Waals surface area contributed by atoms with Gasteiger partial charge in [0.25, 0.3) is 0 Å². The second-order valence-electron chi connectivity index (χ2n) is 9.30. The first-order valence-corrected chi connectivity index (χ1v) is 13.0. The fourth-order valence-corrected chi connectivity index (χ4v) is 4.63. The average molecular weight is 483 g/mol. The van der Waals surface area contributed by atoms with E-state index >= 15 is 0 Å². The van der Waals surface area contributed by atoms with Crippen LogP contribution in [0.15, 0.2) is 0 Å². The zero-order valence-corrected chi connectivity index (χ0v) is 21.5. The van der Waals surface area contributed by atoms with Crippen LogP contribution in [0.5, 0.6) is 0 Å². The second kappa shape index (κ2) is 15.9. The number of likely N-dealkylation sites (tertiary alicyclic amines) is 2. The Morgan fingerprint density at radius 2 is 1.74 bits per heavy atom. The van der Waals surface area contributed by atoms with Gasteiger partial charge in [0.05, 0.1) is 6.54 Å². The van der Waals surface area contributed by atoms with Crippen LogP contribution >= 0.6 is 0 Å². The van der Waals surface area contributed by atoms with Gasteiger partial charge in [-0.3, -0.25) is 9.59 Å². The molecule has 3 amide bonds. The zero-order chi connectivity index (χ0) is 24.8. The highest BCUT2D eigenvalue weighted by Crippen LogP contribution is 2.16. The monoisotopic (exact) mass is 482 g/mol. The predicted octanol–water partition coefficient (Wildman–Crippen LogP) is 0.579. The molecule has 0 bridgehead atoms. The van der Waals surface area contributed by atoms with Crippen molar-refractivity contribution in [2.75, 3.05) is 85.6 Å². The van der Waals surface area contributed by atoms with E-state index in [-0.39, 0.29) is 31.5 Å². The summed E-state index contributed by atoms with van der Waals surface area (Å²) in [5, 5.41) is 5.51. The number of ether oxygens (including phenoxy) is 1. The van der Waals surface area contributed by atoms with Gasteiger partial charge in [-0.1, -0.05) is 13.8 Å². The summed E-state index contributed by atoms with van der Waals surface area (Å²) in [4.78, 5) is 45.7. The van der Waals surface area contributed by atoms with Gasteiger partial charge in [-0.05, 0) is 71.9 Å². The van der Waals surface area contributed by atoms with E-state index in [2.05, 4.69) is 46.2 Å². The van der Waals surface area contributed by atoms with Crippen molar-refractivity contribution >= 4 is 17.9 Å². The zero-order valence-electron chi connectivity index (χ0n) is 21.5. The SMILES string of the molecule is CCN(CC)CCOC(=O)NCC(=O)N(CCN1CCCC1)CC(=O)NCCC1CCCN1C. The number of nitrogens with one attached hydrogen (secondary N) is 2. The predicted molar refractivity (Wildman–Crippen MR) is 133 cm³/mol. The van der Waals surface area contributed by atoms with Crippen molar-refractivity contribution in [2.24, 2.45) is 0 Å². The molecular formula is C24H46N6O4. The maximum absolute atomic E-state index is 12.8. The summed E-state index contributed by atoms with van der Waals surface area (Å²) in [7, 11) is 2.12. The van der Waals surface area contributed by atoms with E-state index in [0.717, 1.165) is 45.7 Å². The molecule has 2 heterocycles. The van der Waals surface area contributed by atoms with Crippen LogP contribution in [0.1, 0.15) is 46.0 Å². The van der Waals surface area contributed by atoms with Crippen molar-refractivity contribution in [3.8, 4) is 0 Å². The van der Waals surface area contributed by atoms with Crippen LogP contribution in [-0.4, -0.2) is 129 Å². The van der Waals surface area contributed by atoms with Crippen LogP contribution in [0.25, 0.3) is 0 Å². The third-order valence-corrected chi connectivity index (χ3v) is 6.96. The molecule has 0 saturated carbocycles. The van der Waals surface area contributed by atoms with E-state index in [1.54, 1.807) is 4.90 Å². The van der Waals surface area contributed by atoms with Gasteiger partial charge in [-0.2, -0.15) is 0 Å². The lowest BCUT2D eigenvalue weighted by Crippen LogP contribution is -2.48. The number of hydrogen-bond acceptors (Lipinski definition) is 7. The summed E-state index contributed by atoms with van der Waals surface area (Å²) >= 11 is 0. The highest BCUT2D eigenvalue weighted by molar-refractivity contribution is 5.87. The molecule has 2 N–H and O–H groups in total. The van der Waals surface area contributed by atoms with Gasteiger partial charge in [0.2, 0.25) is 11.8 Å². The first-order chi connectivity index (χ1) is 16.4. The molecule has 10 heteroatoms. The maximum Gasteiger partial charge on any atom is 0.407 e. The van der Waals surface area contributed by atoms with Crippen molar-refractivity contribution in [3.05, 3.63) is 0 Å². The standard InChI is InChI=1S/C24H46N6O4/c1-4-28(5-2)17-18-34-24(33)26-19-23(32)30(16-15-29-13-6-7-14-29)20-22(31)25-11-10-21-9-8-12-27(21)3/h21H,4-20H2,1-3H3,(H,25,31)(H,26,33). The van der Waals surface area contributed by atoms with E-state index in [4.69, 9.17) is 4.74 Å². The minimum Gasteiger partial charge on any atom is -0.448 e. The molecule has 2 aliphatic rings. The lowest BCUT2D eigenvalue weighted by Gasteiger charge is -2.25. The largest absolute Gasteiger partial charge is 0.448 e. The minimum atomic E-state index is -0.606. The van der Waals surface area contributed by atoms with Crippen LogP contribution in [0.3, 0.4) is 0 Å². The number of hydrogen-bond donors (Lipinski definition) is 2. The molecule has 0 aromatic heterocycles. The van der Waals surface area contributed by atoms with Gasteiger partial charge >= 0.3 is 6.09 Å². The molecule has 2 fully saturated rings. The maximum atomic E-state index is 12.8. The molecule has 1 unspecified atom stereocenters. The Morgan fingerprint density at radius 3 is 2.38 bits per heavy atom. The van der Waals surface area contributed by atoms with Crippen molar-refractivity contribution < 1.29 is 19.1 Å². The van der Waals surface area contributed by atoms with Crippen molar-refractivity contribution in [2.45, 2.75) is 52.0 Å². The summed E-state index contributed by atoms with van der Waals surface area (Å²) in [5.74, 6) is -0.428. The highest BCUT2D eigenvalue weighted by atomic mass is 16.5. The molecule has 10 nitrogen and oxygen atoms in total. The number of carbonyl (C=O) groups excluding carboxylic acids is 3. The van der Waals surface area contributed by atoms with Crippen LogP contribution in [0, 0.1) is 0 Å². The number of rotatable bonds is 15. The smallest absolute Gasteiger partial charge is 0.407 e. The number of carbonyl (C=O) groups is 3. The van der Waals surface area contributed by atoms with Crippen molar-refractivity contribution in [3.63, 3.8) is 0 Å². The van der Waals surface area contributed by atoms with Crippen LogP contribution in [0.4, 0.5) is 4.79 Å². The summed E-state index contributed by atoms with van der Waals surface area (Å²) in [6, 6.07) is 0.519. The molecule has 0 aromatic rings. The van der Waals surface area contributed by atoms with Crippen molar-refractivity contribution in [1.29, 1.82) is 0 Å². The summed E-state index contributed by atoms with van der Waals surface area (Å²) < 4.78 is 5.19. The van der Waals surface area contributed by atoms with Crippen LogP contribution in [0.2, 0.25) is 0 Å². The quantitative estimate of drug-likeness (QED) is 0.352. The Balaban J connectivity index is 1.75. The molecule has 0 radical (unpaired) electrons. The first-order valence-electron chi connectivity index (χ1n) is 13.0. The second-order valence-corrected chi connectivity index (χ2v) is 9.30. The third kappa shape index (κ3) is 10.6. The number of nitrogens with zero attached hydrogens (tertiary/aromatic N) is 4. The Hall–Kier alpha value is -1.91. The third-order valence-electron chi connectivity index (χ3n) is 6.96. The van der Waals surface area contributed by atoms with E-state index < -0.39 is 6.09 Å². The van der Waals surface area contributed by atoms with Gasteiger partial charge in [-0.15, -0.1) is 0 Å². The van der Waals surface area contributed by atoms with Gasteiger partial charge in [0, 0.05) is 32.2 Å². The molecule has 2 aliphatic heterocycles. The highest BCUT2D eigenvalue weighted by Gasteiger charge is 2.22. The lowest BCUT2D eigenvalue weighted by atomic mass is 10.1. The van der Waals surface area contributed by atoms with E-state index in [1.807, 2.05) is 0 Å². The normalized spacial score (nSPS) is 18.9. The molecular weight excluding hydrogens is 436 g/mol. The van der Waals surface area contributed by atoms with Crippen molar-refractivity contribution in [1.82, 2.24) is 30.2 Å². The minimum absolute atomic E-state index is 0.00582. The summed E-state index contributed by atoms with van der Waals surface area (Å²) in [6.45, 7) is 11.7. The molecule has 2 rings (SSSR count). The molecule has 0 spiro atoms. The van der Waals surface area contributed by atoms with Crippen LogP contribution < -0.4 is 10.6 Å². The topological polar surface area (TPSA) is 97.5 Å². The fourth-order valence-electron chi connectivity index (χ4n) is 4.63. The van der Waals surface area contributed by atoms with Gasteiger partial charge in [-0.25, -0.2) is 4.79 Å². The number of amides is 3. The molecule has 0 aromatic carbocycles. The van der Waals surface area contributed by atoms with E-state index in [9.17, 15) is 14.4 Å². The van der Waals surface area contributed by atoms with Gasteiger partial charge in [0.1, 0.15) is 13.2 Å². The molecule has 2 saturated heterocycles. The van der Waals surface area contributed by atoms with Crippen LogP contribution in [-0.2, 0) is 14.3 Å². The number of alkyl carbamates (subject to hydrolysis) is 1. The van der Waals surface area contributed by atoms with E-state index in [0.29, 0.717) is 25.7 Å². The number of likely N-dealkylation sites (N-methyl/N-ethyl adjacent to an activating group) is 1. The summed E-state index contributed by atoms with van der Waals surface area (Å²) in [5.41, 5.74) is 0. The fraction of sp³-hybridized carbons (Fsp3) is 0.875.